The van der Waals surface area contributed by atoms with E-state index in [9.17, 15) is 0 Å². The molecule has 15 heavy (non-hydrogen) atoms. The van der Waals surface area contributed by atoms with Crippen LogP contribution in [0.4, 0.5) is 0 Å². The molecule has 2 aliphatic rings. The maximum atomic E-state index is 5.42. The minimum Gasteiger partial charge on any atom is -0.454 e. The first kappa shape index (κ1) is 9.00. The first-order valence-corrected chi connectivity index (χ1v) is 5.14. The summed E-state index contributed by atoms with van der Waals surface area (Å²) in [6, 6.07) is 6.30. The van der Waals surface area contributed by atoms with Crippen molar-refractivity contribution in [1.29, 1.82) is 0 Å². The molecular formula is C11H13NO3. The first-order chi connectivity index (χ1) is 7.43. The Kier molecular flexibility index (Phi) is 2.23. The number of ether oxygens (including phenoxy) is 3. The highest BCUT2D eigenvalue weighted by Crippen LogP contribution is 2.34. The van der Waals surface area contributed by atoms with Gasteiger partial charge in [0.15, 0.2) is 11.5 Å². The molecule has 3 rings (SSSR count). The predicted molar refractivity (Wildman–Crippen MR) is 54.1 cm³/mol. The van der Waals surface area contributed by atoms with Gasteiger partial charge in [0.2, 0.25) is 6.79 Å². The van der Waals surface area contributed by atoms with Crippen LogP contribution in [0.25, 0.3) is 0 Å². The second kappa shape index (κ2) is 3.72. The molecule has 0 bridgehead atoms. The summed E-state index contributed by atoms with van der Waals surface area (Å²) in [5.41, 5.74) is 1.19. The quantitative estimate of drug-likeness (QED) is 0.748. The highest BCUT2D eigenvalue weighted by molar-refractivity contribution is 5.45. The van der Waals surface area contributed by atoms with Crippen molar-refractivity contribution < 1.29 is 14.2 Å². The van der Waals surface area contributed by atoms with E-state index in [0.717, 1.165) is 31.3 Å². The van der Waals surface area contributed by atoms with E-state index in [0.29, 0.717) is 6.79 Å². The van der Waals surface area contributed by atoms with Crippen molar-refractivity contribution >= 4 is 0 Å². The normalized spacial score (nSPS) is 24.1. The van der Waals surface area contributed by atoms with E-state index < -0.39 is 0 Å². The van der Waals surface area contributed by atoms with E-state index in [-0.39, 0.29) is 6.04 Å². The van der Waals surface area contributed by atoms with Gasteiger partial charge in [-0.15, -0.1) is 0 Å². The molecular weight excluding hydrogens is 194 g/mol. The monoisotopic (exact) mass is 207 g/mol. The minimum atomic E-state index is 0.272. The summed E-state index contributed by atoms with van der Waals surface area (Å²) in [5, 5.41) is 3.41. The van der Waals surface area contributed by atoms with Gasteiger partial charge < -0.3 is 19.5 Å². The summed E-state index contributed by atoms with van der Waals surface area (Å²) >= 11 is 0. The summed E-state index contributed by atoms with van der Waals surface area (Å²) < 4.78 is 16.0. The van der Waals surface area contributed by atoms with Crippen LogP contribution in [0.1, 0.15) is 11.6 Å². The van der Waals surface area contributed by atoms with Crippen LogP contribution in [-0.2, 0) is 4.74 Å². The van der Waals surface area contributed by atoms with Gasteiger partial charge in [-0.1, -0.05) is 6.07 Å². The molecule has 0 aromatic heterocycles. The molecule has 0 radical (unpaired) electrons. The highest BCUT2D eigenvalue weighted by Gasteiger charge is 2.19. The Morgan fingerprint density at radius 1 is 1.20 bits per heavy atom. The number of nitrogens with one attached hydrogen (secondary N) is 1. The molecule has 1 aromatic rings. The van der Waals surface area contributed by atoms with Crippen LogP contribution in [0.5, 0.6) is 11.5 Å². The number of morpholine rings is 1. The van der Waals surface area contributed by atoms with Gasteiger partial charge in [-0.2, -0.15) is 0 Å². The van der Waals surface area contributed by atoms with Gasteiger partial charge in [0.05, 0.1) is 19.3 Å². The van der Waals surface area contributed by atoms with Gasteiger partial charge in [-0.05, 0) is 17.7 Å². The van der Waals surface area contributed by atoms with Crippen molar-refractivity contribution in [3.63, 3.8) is 0 Å². The molecule has 4 nitrogen and oxygen atoms in total. The molecule has 4 heteroatoms. The van der Waals surface area contributed by atoms with E-state index in [1.54, 1.807) is 0 Å². The first-order valence-electron chi connectivity index (χ1n) is 5.14. The lowest BCUT2D eigenvalue weighted by Gasteiger charge is -2.24. The average molecular weight is 207 g/mol. The van der Waals surface area contributed by atoms with Crippen molar-refractivity contribution in [3.05, 3.63) is 23.8 Å². The molecule has 1 N–H and O–H groups in total. The Morgan fingerprint density at radius 2 is 2.13 bits per heavy atom. The minimum absolute atomic E-state index is 0.272. The van der Waals surface area contributed by atoms with E-state index in [4.69, 9.17) is 14.2 Å². The van der Waals surface area contributed by atoms with Crippen LogP contribution in [0.15, 0.2) is 18.2 Å². The number of rotatable bonds is 1. The summed E-state index contributed by atoms with van der Waals surface area (Å²) in [6.07, 6.45) is 0. The zero-order chi connectivity index (χ0) is 10.1. The van der Waals surface area contributed by atoms with Gasteiger partial charge >= 0.3 is 0 Å². The van der Waals surface area contributed by atoms with Crippen molar-refractivity contribution in [2.45, 2.75) is 6.04 Å². The van der Waals surface area contributed by atoms with E-state index >= 15 is 0 Å². The van der Waals surface area contributed by atoms with Crippen LogP contribution < -0.4 is 14.8 Å². The zero-order valence-corrected chi connectivity index (χ0v) is 8.36. The Labute approximate surface area is 88.1 Å². The molecule has 1 unspecified atom stereocenters. The van der Waals surface area contributed by atoms with E-state index in [2.05, 4.69) is 11.4 Å². The van der Waals surface area contributed by atoms with Gasteiger partial charge in [-0.3, -0.25) is 0 Å². The largest absolute Gasteiger partial charge is 0.454 e. The topological polar surface area (TPSA) is 39.7 Å². The Morgan fingerprint density at radius 3 is 3.00 bits per heavy atom. The molecule has 1 aromatic carbocycles. The van der Waals surface area contributed by atoms with Crippen LogP contribution in [-0.4, -0.2) is 26.6 Å². The maximum absolute atomic E-state index is 5.42. The standard InChI is InChI=1S/C11H13NO3/c1-2-10-11(15-7-14-10)5-8(1)9-6-13-4-3-12-9/h1-2,5,9,12H,3-4,6-7H2. The molecule has 1 saturated heterocycles. The van der Waals surface area contributed by atoms with Gasteiger partial charge in [0.1, 0.15) is 0 Å². The molecule has 0 aliphatic carbocycles. The third-order valence-corrected chi connectivity index (χ3v) is 2.72. The number of hydrogen-bond acceptors (Lipinski definition) is 4. The fourth-order valence-electron chi connectivity index (χ4n) is 1.91. The molecule has 1 fully saturated rings. The lowest BCUT2D eigenvalue weighted by atomic mass is 10.1. The number of fused-ring (bicyclic) bond motifs is 1. The molecule has 0 amide bonds. The average Bonchev–Trinajstić information content (AvgIpc) is 2.77. The van der Waals surface area contributed by atoms with Crippen molar-refractivity contribution in [2.24, 2.45) is 0 Å². The summed E-state index contributed by atoms with van der Waals surface area (Å²) in [7, 11) is 0. The number of benzene rings is 1. The third kappa shape index (κ3) is 1.66. The molecule has 0 spiro atoms. The molecule has 2 aliphatic heterocycles. The summed E-state index contributed by atoms with van der Waals surface area (Å²) in [4.78, 5) is 0. The Balaban J connectivity index is 1.85. The van der Waals surface area contributed by atoms with Crippen molar-refractivity contribution in [2.75, 3.05) is 26.6 Å². The van der Waals surface area contributed by atoms with Crippen LogP contribution in [0.3, 0.4) is 0 Å². The van der Waals surface area contributed by atoms with Gasteiger partial charge in [0.25, 0.3) is 0 Å². The third-order valence-electron chi connectivity index (χ3n) is 2.72. The Bertz CT molecular complexity index is 361. The second-order valence-corrected chi connectivity index (χ2v) is 3.69. The molecule has 80 valence electrons. The summed E-state index contributed by atoms with van der Waals surface area (Å²) in [6.45, 7) is 2.74. The van der Waals surface area contributed by atoms with E-state index in [1.165, 1.54) is 5.56 Å². The summed E-state index contributed by atoms with van der Waals surface area (Å²) in [5.74, 6) is 1.66. The maximum Gasteiger partial charge on any atom is 0.231 e. The van der Waals surface area contributed by atoms with Gasteiger partial charge in [-0.25, -0.2) is 0 Å². The zero-order valence-electron chi connectivity index (χ0n) is 8.36. The highest BCUT2D eigenvalue weighted by atomic mass is 16.7. The molecule has 0 saturated carbocycles. The van der Waals surface area contributed by atoms with Crippen LogP contribution in [0, 0.1) is 0 Å². The van der Waals surface area contributed by atoms with Gasteiger partial charge in [0, 0.05) is 6.54 Å². The Hall–Kier alpha value is -1.26. The lowest BCUT2D eigenvalue weighted by molar-refractivity contribution is 0.0768. The van der Waals surface area contributed by atoms with Crippen molar-refractivity contribution in [3.8, 4) is 11.5 Å². The van der Waals surface area contributed by atoms with Crippen LogP contribution >= 0.6 is 0 Å². The number of hydrogen-bond donors (Lipinski definition) is 1. The second-order valence-electron chi connectivity index (χ2n) is 3.69. The molecule has 2 heterocycles. The SMILES string of the molecule is c1cc2c(cc1C1COCCN1)OCO2. The fourth-order valence-corrected chi connectivity index (χ4v) is 1.91. The lowest BCUT2D eigenvalue weighted by Crippen LogP contribution is -2.34. The smallest absolute Gasteiger partial charge is 0.231 e. The van der Waals surface area contributed by atoms with Crippen molar-refractivity contribution in [1.82, 2.24) is 5.32 Å². The fraction of sp³-hybridized carbons (Fsp3) is 0.455. The van der Waals surface area contributed by atoms with E-state index in [1.807, 2.05) is 12.1 Å². The van der Waals surface area contributed by atoms with Crippen LogP contribution in [0.2, 0.25) is 0 Å². The molecule has 1 atom stereocenters. The predicted octanol–water partition coefficient (Wildman–Crippen LogP) is 1.08.